The van der Waals surface area contributed by atoms with Crippen LogP contribution in [-0.4, -0.2) is 4.98 Å². The third-order valence-electron chi connectivity index (χ3n) is 1.85. The Balaban J connectivity index is 2.55. The molecule has 1 heterocycles. The van der Waals surface area contributed by atoms with Crippen molar-refractivity contribution < 1.29 is 1.37 Å². The number of hydrogen-bond acceptors (Lipinski definition) is 2. The van der Waals surface area contributed by atoms with E-state index in [4.69, 9.17) is 1.37 Å². The molecular weight excluding hydrogens is 178 g/mol. The highest BCUT2D eigenvalue weighted by Gasteiger charge is 2.02. The molecule has 0 saturated heterocycles. The summed E-state index contributed by atoms with van der Waals surface area (Å²) in [7, 11) is 0. The lowest BCUT2D eigenvalue weighted by molar-refractivity contribution is 1.40. The molecule has 0 aliphatic carbocycles. The van der Waals surface area contributed by atoms with Crippen molar-refractivity contribution >= 4 is 17.4 Å². The van der Waals surface area contributed by atoms with Crippen LogP contribution in [0.15, 0.2) is 41.7 Å². The fourth-order valence-electron chi connectivity index (χ4n) is 1.22. The lowest BCUT2D eigenvalue weighted by Gasteiger charge is -2.00. The van der Waals surface area contributed by atoms with Gasteiger partial charge in [-0.05, 0) is 5.56 Å². The average molecular weight is 188 g/mol. The van der Waals surface area contributed by atoms with Crippen molar-refractivity contribution in [3.8, 4) is 11.3 Å². The highest BCUT2D eigenvalue weighted by atomic mass is 32.1. The molecule has 0 aliphatic rings. The van der Waals surface area contributed by atoms with Gasteiger partial charge in [0, 0.05) is 10.9 Å². The topological polar surface area (TPSA) is 12.9 Å². The van der Waals surface area contributed by atoms with Crippen LogP contribution in [0.1, 0.15) is 6.93 Å². The van der Waals surface area contributed by atoms with Gasteiger partial charge in [0.05, 0.1) is 12.6 Å². The first-order valence-electron chi connectivity index (χ1n) is 4.45. The summed E-state index contributed by atoms with van der Waals surface area (Å²) >= 11 is 1.34. The zero-order valence-corrected chi connectivity index (χ0v) is 7.84. The van der Waals surface area contributed by atoms with Crippen LogP contribution in [0.2, 0.25) is 0 Å². The molecule has 0 spiro atoms. The average Bonchev–Trinajstić information content (AvgIpc) is 2.65. The van der Waals surface area contributed by atoms with Crippen molar-refractivity contribution in [2.24, 2.45) is 0 Å². The van der Waals surface area contributed by atoms with Crippen LogP contribution in [0.25, 0.3) is 17.3 Å². The molecule has 2 heteroatoms. The van der Waals surface area contributed by atoms with E-state index in [0.29, 0.717) is 5.49 Å². The highest BCUT2D eigenvalue weighted by Crippen LogP contribution is 2.23. The summed E-state index contributed by atoms with van der Waals surface area (Å²) < 4.78 is 7.37. The molecule has 0 amide bonds. The molecule has 0 aliphatic heterocycles. The summed E-state index contributed by atoms with van der Waals surface area (Å²) in [6, 6.07) is 7.91. The summed E-state index contributed by atoms with van der Waals surface area (Å²) in [5.41, 5.74) is 3.30. The molecule has 0 radical (unpaired) electrons. The van der Waals surface area contributed by atoms with E-state index in [0.717, 1.165) is 16.8 Å². The molecule has 0 bridgehead atoms. The summed E-state index contributed by atoms with van der Waals surface area (Å²) in [6.07, 6.45) is 1.80. The number of rotatable bonds is 2. The zero-order chi connectivity index (χ0) is 9.97. The number of nitrogens with zero attached hydrogens (tertiary/aromatic N) is 1. The van der Waals surface area contributed by atoms with E-state index >= 15 is 0 Å². The van der Waals surface area contributed by atoms with E-state index in [1.165, 1.54) is 11.3 Å². The third-order valence-corrected chi connectivity index (χ3v) is 2.38. The molecule has 1 aromatic carbocycles. The van der Waals surface area contributed by atoms with Gasteiger partial charge < -0.3 is 0 Å². The predicted molar refractivity (Wildman–Crippen MR) is 57.6 cm³/mol. The summed E-state index contributed by atoms with van der Waals surface area (Å²) in [5.74, 6) is 0. The summed E-state index contributed by atoms with van der Waals surface area (Å²) in [6.45, 7) is 3.75. The maximum atomic E-state index is 7.37. The number of thiazole rings is 1. The number of hydrogen-bond donors (Lipinski definition) is 0. The minimum Gasteiger partial charge on any atom is -0.245 e. The molecule has 2 aromatic rings. The lowest BCUT2D eigenvalue weighted by atomic mass is 10.1. The minimum atomic E-state index is 0.346. The smallest absolute Gasteiger partial charge is 0.0960 e. The molecular formula is C11H9NS. The van der Waals surface area contributed by atoms with Gasteiger partial charge in [-0.25, -0.2) is 4.98 Å². The standard InChI is InChI=1S/C11H9NS/c1-2-9-5-3-4-6-10(9)11-7-13-8-12-11/h2-8H,1H2/i8D. The molecule has 0 atom stereocenters. The van der Waals surface area contributed by atoms with E-state index in [2.05, 4.69) is 11.6 Å². The monoisotopic (exact) mass is 188 g/mol. The van der Waals surface area contributed by atoms with Gasteiger partial charge in [0.25, 0.3) is 0 Å². The van der Waals surface area contributed by atoms with Crippen molar-refractivity contribution in [2.45, 2.75) is 0 Å². The van der Waals surface area contributed by atoms with E-state index < -0.39 is 0 Å². The molecule has 1 aromatic heterocycles. The SMILES string of the molecule is [2H]c1nc(-c2ccccc2C=C)cs1. The number of aromatic nitrogens is 1. The second-order valence-corrected chi connectivity index (χ2v) is 3.27. The van der Waals surface area contributed by atoms with Gasteiger partial charge in [0.15, 0.2) is 0 Å². The van der Waals surface area contributed by atoms with Crippen molar-refractivity contribution in [2.75, 3.05) is 0 Å². The van der Waals surface area contributed by atoms with E-state index in [-0.39, 0.29) is 0 Å². The van der Waals surface area contributed by atoms with Gasteiger partial charge >= 0.3 is 0 Å². The van der Waals surface area contributed by atoms with Crippen LogP contribution in [0.5, 0.6) is 0 Å². The third kappa shape index (κ3) is 1.53. The number of benzene rings is 1. The Hall–Kier alpha value is -1.41. The first-order valence-corrected chi connectivity index (χ1v) is 4.83. The van der Waals surface area contributed by atoms with Crippen LogP contribution in [0.4, 0.5) is 0 Å². The molecule has 0 fully saturated rings. The van der Waals surface area contributed by atoms with Crippen LogP contribution in [0, 0.1) is 0 Å². The molecule has 1 nitrogen and oxygen atoms in total. The minimum absolute atomic E-state index is 0.346. The van der Waals surface area contributed by atoms with E-state index in [1.807, 2.05) is 29.6 Å². The second-order valence-electron chi connectivity index (χ2n) is 2.62. The largest absolute Gasteiger partial charge is 0.245 e. The normalized spacial score (nSPS) is 10.9. The molecule has 0 N–H and O–H groups in total. The molecule has 64 valence electrons. The van der Waals surface area contributed by atoms with Crippen molar-refractivity contribution in [3.05, 3.63) is 47.3 Å². The molecule has 13 heavy (non-hydrogen) atoms. The van der Waals surface area contributed by atoms with E-state index in [1.54, 1.807) is 6.08 Å². The fraction of sp³-hybridized carbons (Fsp3) is 0. The van der Waals surface area contributed by atoms with Gasteiger partial charge in [-0.2, -0.15) is 0 Å². The first-order chi connectivity index (χ1) is 6.81. The Morgan fingerprint density at radius 3 is 3.00 bits per heavy atom. The quantitative estimate of drug-likeness (QED) is 0.703. The zero-order valence-electron chi connectivity index (χ0n) is 8.03. The van der Waals surface area contributed by atoms with Crippen molar-refractivity contribution in [1.29, 1.82) is 0 Å². The molecule has 0 saturated carbocycles. The highest BCUT2D eigenvalue weighted by molar-refractivity contribution is 7.07. The van der Waals surface area contributed by atoms with Crippen molar-refractivity contribution in [1.82, 2.24) is 4.98 Å². The Morgan fingerprint density at radius 2 is 2.31 bits per heavy atom. The second kappa shape index (κ2) is 3.54. The Bertz CT molecular complexity index is 462. The van der Waals surface area contributed by atoms with Gasteiger partial charge in [0.1, 0.15) is 0 Å². The maximum absolute atomic E-state index is 7.37. The van der Waals surface area contributed by atoms with Crippen LogP contribution in [0.3, 0.4) is 0 Å². The van der Waals surface area contributed by atoms with Crippen LogP contribution < -0.4 is 0 Å². The maximum Gasteiger partial charge on any atom is 0.0960 e. The van der Waals surface area contributed by atoms with Gasteiger partial charge in [-0.1, -0.05) is 36.9 Å². The summed E-state index contributed by atoms with van der Waals surface area (Å²) in [4.78, 5) is 4.13. The van der Waals surface area contributed by atoms with E-state index in [9.17, 15) is 0 Å². The molecule has 2 rings (SSSR count). The predicted octanol–water partition coefficient (Wildman–Crippen LogP) is 3.45. The first kappa shape index (κ1) is 7.04. The van der Waals surface area contributed by atoms with Gasteiger partial charge in [-0.15, -0.1) is 11.3 Å². The van der Waals surface area contributed by atoms with Crippen LogP contribution in [-0.2, 0) is 0 Å². The molecule has 0 unspecified atom stereocenters. The van der Waals surface area contributed by atoms with Crippen molar-refractivity contribution in [3.63, 3.8) is 0 Å². The van der Waals surface area contributed by atoms with Crippen LogP contribution >= 0.6 is 11.3 Å². The lowest BCUT2D eigenvalue weighted by Crippen LogP contribution is -1.81. The Morgan fingerprint density at radius 1 is 1.46 bits per heavy atom. The van der Waals surface area contributed by atoms with Gasteiger partial charge in [0.2, 0.25) is 0 Å². The fourth-order valence-corrected chi connectivity index (χ4v) is 1.71. The summed E-state index contributed by atoms with van der Waals surface area (Å²) in [5, 5.41) is 1.89. The Kier molecular flexibility index (Phi) is 1.92. The van der Waals surface area contributed by atoms with Gasteiger partial charge in [-0.3, -0.25) is 0 Å². The Labute approximate surface area is 82.8 Å².